The van der Waals surface area contributed by atoms with Gasteiger partial charge in [0.05, 0.1) is 12.0 Å². The summed E-state index contributed by atoms with van der Waals surface area (Å²) in [5, 5.41) is 1.82. The van der Waals surface area contributed by atoms with E-state index in [-0.39, 0.29) is 0 Å². The Labute approximate surface area is 111 Å². The van der Waals surface area contributed by atoms with Crippen molar-refractivity contribution in [2.75, 3.05) is 0 Å². The third-order valence-corrected chi connectivity index (χ3v) is 3.74. The summed E-state index contributed by atoms with van der Waals surface area (Å²) in [5.41, 5.74) is 1.26. The molecule has 0 saturated carbocycles. The van der Waals surface area contributed by atoms with Gasteiger partial charge in [0.2, 0.25) is 0 Å². The monoisotopic (exact) mass is 266 g/mol. The van der Waals surface area contributed by atoms with Gasteiger partial charge >= 0.3 is 0 Å². The Hall–Kier alpha value is -0.930. The number of hydrogen-bond acceptors (Lipinski definition) is 2. The summed E-state index contributed by atoms with van der Waals surface area (Å²) in [6.07, 6.45) is 1.86. The van der Waals surface area contributed by atoms with Crippen molar-refractivity contribution in [2.45, 2.75) is 29.7 Å². The minimum absolute atomic E-state index is 0.462. The maximum absolute atomic E-state index is 5.98. The quantitative estimate of drug-likeness (QED) is 0.822. The van der Waals surface area contributed by atoms with E-state index in [4.69, 9.17) is 11.6 Å². The highest BCUT2D eigenvalue weighted by molar-refractivity contribution is 7.99. The fourth-order valence-electron chi connectivity index (χ4n) is 1.79. The van der Waals surface area contributed by atoms with E-state index in [1.165, 1.54) is 5.69 Å². The van der Waals surface area contributed by atoms with Crippen LogP contribution >= 0.6 is 23.4 Å². The van der Waals surface area contributed by atoms with Crippen LogP contribution in [0.3, 0.4) is 0 Å². The van der Waals surface area contributed by atoms with Crippen molar-refractivity contribution >= 4 is 23.4 Å². The first-order valence-corrected chi connectivity index (χ1v) is 6.72. The molecule has 0 N–H and O–H groups in total. The molecule has 0 atom stereocenters. The number of imidazole rings is 1. The summed E-state index contributed by atoms with van der Waals surface area (Å²) >= 11 is 7.64. The summed E-state index contributed by atoms with van der Waals surface area (Å²) in [5.74, 6) is 0.462. The third kappa shape index (κ3) is 2.85. The molecule has 0 saturated heterocycles. The van der Waals surface area contributed by atoms with Crippen molar-refractivity contribution < 1.29 is 0 Å². The van der Waals surface area contributed by atoms with Crippen LogP contribution in [0.1, 0.15) is 25.5 Å². The first kappa shape index (κ1) is 12.5. The van der Waals surface area contributed by atoms with Crippen molar-refractivity contribution in [3.05, 3.63) is 41.3 Å². The highest BCUT2D eigenvalue weighted by atomic mass is 35.5. The van der Waals surface area contributed by atoms with Crippen molar-refractivity contribution in [1.29, 1.82) is 0 Å². The van der Waals surface area contributed by atoms with Crippen LogP contribution in [-0.4, -0.2) is 9.55 Å². The van der Waals surface area contributed by atoms with E-state index >= 15 is 0 Å². The fraction of sp³-hybridized carbons (Fsp3) is 0.308. The first-order chi connectivity index (χ1) is 8.08. The number of halogens is 1. The summed E-state index contributed by atoms with van der Waals surface area (Å²) in [4.78, 5) is 5.57. The van der Waals surface area contributed by atoms with Gasteiger partial charge in [0.15, 0.2) is 0 Å². The summed E-state index contributed by atoms with van der Waals surface area (Å²) < 4.78 is 2.08. The molecule has 0 spiro atoms. The topological polar surface area (TPSA) is 17.8 Å². The second-order valence-corrected chi connectivity index (χ2v) is 5.76. The zero-order valence-electron chi connectivity index (χ0n) is 10.1. The molecule has 4 heteroatoms. The van der Waals surface area contributed by atoms with Crippen LogP contribution in [0.2, 0.25) is 5.02 Å². The zero-order valence-corrected chi connectivity index (χ0v) is 11.7. The molecule has 2 rings (SSSR count). The normalized spacial score (nSPS) is 11.1. The minimum atomic E-state index is 0.462. The van der Waals surface area contributed by atoms with Crippen molar-refractivity contribution in [3.63, 3.8) is 0 Å². The van der Waals surface area contributed by atoms with Gasteiger partial charge in [-0.2, -0.15) is 0 Å². The van der Waals surface area contributed by atoms with Gasteiger partial charge in [-0.15, -0.1) is 0 Å². The molecule has 0 bridgehead atoms. The van der Waals surface area contributed by atoms with Crippen LogP contribution in [0.4, 0.5) is 0 Å². The molecule has 2 aromatic rings. The summed E-state index contributed by atoms with van der Waals surface area (Å²) in [6, 6.07) is 7.86. The lowest BCUT2D eigenvalue weighted by molar-refractivity contribution is 0.724. The van der Waals surface area contributed by atoms with Gasteiger partial charge < -0.3 is 4.57 Å². The van der Waals surface area contributed by atoms with Crippen LogP contribution in [0.5, 0.6) is 0 Å². The van der Waals surface area contributed by atoms with Crippen molar-refractivity contribution in [2.24, 2.45) is 7.05 Å². The Kier molecular flexibility index (Phi) is 3.79. The lowest BCUT2D eigenvalue weighted by Gasteiger charge is -2.09. The van der Waals surface area contributed by atoms with Gasteiger partial charge in [-0.25, -0.2) is 4.98 Å². The molecule has 1 heterocycles. The highest BCUT2D eigenvalue weighted by Gasteiger charge is 2.13. The van der Waals surface area contributed by atoms with Gasteiger partial charge in [-0.3, -0.25) is 0 Å². The molecule has 0 fully saturated rings. The van der Waals surface area contributed by atoms with Gasteiger partial charge in [-0.1, -0.05) is 43.3 Å². The molecule has 1 aromatic carbocycles. The van der Waals surface area contributed by atoms with Crippen LogP contribution in [0, 0.1) is 0 Å². The fourth-order valence-corrected chi connectivity index (χ4v) is 3.19. The van der Waals surface area contributed by atoms with Crippen molar-refractivity contribution in [1.82, 2.24) is 9.55 Å². The van der Waals surface area contributed by atoms with Gasteiger partial charge in [-0.05, 0) is 24.1 Å². The van der Waals surface area contributed by atoms with Crippen LogP contribution in [0.15, 0.2) is 40.5 Å². The largest absolute Gasteiger partial charge is 0.336 e. The number of hydrogen-bond donors (Lipinski definition) is 0. The Morgan fingerprint density at radius 3 is 2.76 bits per heavy atom. The molecule has 0 aliphatic heterocycles. The molecular formula is C13H15ClN2S. The Morgan fingerprint density at radius 1 is 1.35 bits per heavy atom. The molecule has 0 amide bonds. The van der Waals surface area contributed by atoms with Crippen LogP contribution in [-0.2, 0) is 7.05 Å². The second-order valence-electron chi connectivity index (χ2n) is 4.26. The number of nitrogens with zero attached hydrogens (tertiary/aromatic N) is 2. The average Bonchev–Trinajstić information content (AvgIpc) is 2.59. The van der Waals surface area contributed by atoms with Gasteiger partial charge in [0.1, 0.15) is 5.03 Å². The maximum Gasteiger partial charge on any atom is 0.122 e. The smallest absolute Gasteiger partial charge is 0.122 e. The number of aromatic nitrogens is 2. The average molecular weight is 267 g/mol. The van der Waals surface area contributed by atoms with E-state index in [9.17, 15) is 0 Å². The van der Waals surface area contributed by atoms with E-state index in [2.05, 4.69) is 29.5 Å². The maximum atomic E-state index is 5.98. The van der Waals surface area contributed by atoms with Crippen LogP contribution in [0.25, 0.3) is 0 Å². The predicted octanol–water partition coefficient (Wildman–Crippen LogP) is 4.35. The lowest BCUT2D eigenvalue weighted by atomic mass is 10.1. The number of benzene rings is 1. The molecular weight excluding hydrogens is 252 g/mol. The molecule has 0 aliphatic rings. The number of aryl methyl sites for hydroxylation is 1. The summed E-state index contributed by atoms with van der Waals surface area (Å²) in [7, 11) is 2.03. The van der Waals surface area contributed by atoms with Gasteiger partial charge in [0, 0.05) is 17.0 Å². The SMILES string of the molecule is CC(C)c1c(Sc2cccc(Cl)c2)ncn1C. The number of rotatable bonds is 3. The first-order valence-electron chi connectivity index (χ1n) is 5.52. The Bertz CT molecular complexity index is 520. The van der Waals surface area contributed by atoms with Gasteiger partial charge in [0.25, 0.3) is 0 Å². The lowest BCUT2D eigenvalue weighted by Crippen LogP contribution is -1.98. The Morgan fingerprint density at radius 2 is 2.12 bits per heavy atom. The molecule has 2 nitrogen and oxygen atoms in total. The standard InChI is InChI=1S/C13H15ClN2S/c1-9(2)12-13(15-8-16(12)3)17-11-6-4-5-10(14)7-11/h4-9H,1-3H3. The van der Waals surface area contributed by atoms with E-state index in [1.807, 2.05) is 31.6 Å². The highest BCUT2D eigenvalue weighted by Crippen LogP contribution is 2.33. The third-order valence-electron chi connectivity index (χ3n) is 2.50. The summed E-state index contributed by atoms with van der Waals surface area (Å²) in [6.45, 7) is 4.36. The molecule has 0 radical (unpaired) electrons. The van der Waals surface area contributed by atoms with E-state index in [1.54, 1.807) is 11.8 Å². The molecule has 1 aromatic heterocycles. The van der Waals surface area contributed by atoms with E-state index < -0.39 is 0 Å². The molecule has 0 unspecified atom stereocenters. The van der Waals surface area contributed by atoms with Crippen LogP contribution < -0.4 is 0 Å². The molecule has 90 valence electrons. The zero-order chi connectivity index (χ0) is 12.4. The van der Waals surface area contributed by atoms with E-state index in [0.717, 1.165) is 14.9 Å². The molecule has 17 heavy (non-hydrogen) atoms. The Balaban J connectivity index is 2.30. The second kappa shape index (κ2) is 5.15. The van der Waals surface area contributed by atoms with E-state index in [0.29, 0.717) is 5.92 Å². The minimum Gasteiger partial charge on any atom is -0.336 e. The van der Waals surface area contributed by atoms with Crippen molar-refractivity contribution in [3.8, 4) is 0 Å². The predicted molar refractivity (Wildman–Crippen MR) is 72.9 cm³/mol. The molecule has 0 aliphatic carbocycles.